The third kappa shape index (κ3) is 2.29. The molecule has 1 aromatic carbocycles. The molecule has 0 aliphatic heterocycles. The maximum absolute atomic E-state index is 12.9. The van der Waals surface area contributed by atoms with Crippen molar-refractivity contribution in [2.24, 2.45) is 11.1 Å². The minimum atomic E-state index is -0.845. The van der Waals surface area contributed by atoms with E-state index in [4.69, 9.17) is 5.73 Å². The summed E-state index contributed by atoms with van der Waals surface area (Å²) in [6, 6.07) is 3.49. The predicted octanol–water partition coefficient (Wildman–Crippen LogP) is 3.01. The van der Waals surface area contributed by atoms with Crippen LogP contribution in [0.5, 0.6) is 0 Å². The molecule has 0 spiro atoms. The second-order valence-electron chi connectivity index (χ2n) is 4.52. The third-order valence-corrected chi connectivity index (χ3v) is 2.24. The molecule has 0 saturated heterocycles. The van der Waals surface area contributed by atoms with Gasteiger partial charge in [-0.05, 0) is 23.1 Å². The van der Waals surface area contributed by atoms with Crippen LogP contribution in [0.4, 0.5) is 8.78 Å². The van der Waals surface area contributed by atoms with Gasteiger partial charge in [-0.15, -0.1) is 0 Å². The van der Waals surface area contributed by atoms with Gasteiger partial charge in [-0.25, -0.2) is 8.78 Å². The minimum absolute atomic E-state index is 0.162. The molecule has 0 aliphatic rings. The summed E-state index contributed by atoms with van der Waals surface area (Å²) in [5, 5.41) is 0. The van der Waals surface area contributed by atoms with E-state index >= 15 is 0 Å². The largest absolute Gasteiger partial charge is 0.324 e. The van der Waals surface area contributed by atoms with Crippen LogP contribution >= 0.6 is 0 Å². The van der Waals surface area contributed by atoms with E-state index in [1.807, 2.05) is 20.8 Å². The van der Waals surface area contributed by atoms with Crippen LogP contribution < -0.4 is 5.73 Å². The molecule has 0 fully saturated rings. The summed E-state index contributed by atoms with van der Waals surface area (Å²) in [7, 11) is 0. The van der Waals surface area contributed by atoms with E-state index in [1.165, 1.54) is 6.07 Å². The number of halogens is 2. The zero-order valence-corrected chi connectivity index (χ0v) is 8.64. The molecule has 3 heteroatoms. The molecule has 1 aromatic rings. The normalized spacial score (nSPS) is 14.1. The van der Waals surface area contributed by atoms with Gasteiger partial charge in [0.25, 0.3) is 0 Å². The quantitative estimate of drug-likeness (QED) is 0.739. The number of benzene rings is 1. The SMILES string of the molecule is CC(C)(C)[C@H](N)c1ccc(F)c(F)c1. The molecule has 0 unspecified atom stereocenters. The van der Waals surface area contributed by atoms with Gasteiger partial charge in [-0.2, -0.15) is 0 Å². The zero-order chi connectivity index (χ0) is 10.9. The van der Waals surface area contributed by atoms with Gasteiger partial charge in [-0.1, -0.05) is 26.8 Å². The Kier molecular flexibility index (Phi) is 2.90. The molecule has 0 aliphatic carbocycles. The van der Waals surface area contributed by atoms with Crippen LogP contribution in [0.1, 0.15) is 32.4 Å². The second kappa shape index (κ2) is 3.65. The van der Waals surface area contributed by atoms with E-state index in [0.717, 1.165) is 12.1 Å². The Morgan fingerprint density at radius 1 is 1.14 bits per heavy atom. The highest BCUT2D eigenvalue weighted by molar-refractivity contribution is 5.22. The van der Waals surface area contributed by atoms with Crippen molar-refractivity contribution in [1.82, 2.24) is 0 Å². The molecule has 0 saturated carbocycles. The van der Waals surface area contributed by atoms with E-state index in [1.54, 1.807) is 0 Å². The second-order valence-corrected chi connectivity index (χ2v) is 4.52. The van der Waals surface area contributed by atoms with Crippen LogP contribution in [0.3, 0.4) is 0 Å². The maximum Gasteiger partial charge on any atom is 0.159 e. The van der Waals surface area contributed by atoms with Gasteiger partial charge in [0, 0.05) is 6.04 Å². The summed E-state index contributed by atoms with van der Waals surface area (Å²) >= 11 is 0. The van der Waals surface area contributed by atoms with Gasteiger partial charge < -0.3 is 5.73 Å². The predicted molar refractivity (Wildman–Crippen MR) is 52.7 cm³/mol. The molecule has 1 atom stereocenters. The molecular weight excluding hydrogens is 184 g/mol. The first kappa shape index (κ1) is 11.1. The molecular formula is C11H15F2N. The van der Waals surface area contributed by atoms with Crippen LogP contribution in [-0.4, -0.2) is 0 Å². The van der Waals surface area contributed by atoms with Crippen molar-refractivity contribution in [3.63, 3.8) is 0 Å². The maximum atomic E-state index is 12.9. The number of rotatable bonds is 1. The van der Waals surface area contributed by atoms with Crippen molar-refractivity contribution in [2.75, 3.05) is 0 Å². The fourth-order valence-corrected chi connectivity index (χ4v) is 1.21. The van der Waals surface area contributed by atoms with Crippen molar-refractivity contribution in [1.29, 1.82) is 0 Å². The van der Waals surface area contributed by atoms with Gasteiger partial charge in [0.1, 0.15) is 0 Å². The highest BCUT2D eigenvalue weighted by Gasteiger charge is 2.22. The first-order chi connectivity index (χ1) is 6.32. The van der Waals surface area contributed by atoms with Crippen LogP contribution in [0.25, 0.3) is 0 Å². The molecule has 2 N–H and O–H groups in total. The van der Waals surface area contributed by atoms with Crippen LogP contribution in [-0.2, 0) is 0 Å². The van der Waals surface area contributed by atoms with Gasteiger partial charge in [-0.3, -0.25) is 0 Å². The van der Waals surface area contributed by atoms with Gasteiger partial charge in [0.15, 0.2) is 11.6 Å². The summed E-state index contributed by atoms with van der Waals surface area (Å²) in [6.45, 7) is 5.87. The number of hydrogen-bond acceptors (Lipinski definition) is 1. The van der Waals surface area contributed by atoms with E-state index in [0.29, 0.717) is 5.56 Å². The molecule has 0 bridgehead atoms. The van der Waals surface area contributed by atoms with Crippen LogP contribution in [0.15, 0.2) is 18.2 Å². The van der Waals surface area contributed by atoms with E-state index in [-0.39, 0.29) is 11.5 Å². The Hall–Kier alpha value is -0.960. The van der Waals surface area contributed by atoms with Crippen molar-refractivity contribution in [3.8, 4) is 0 Å². The average Bonchev–Trinajstić information content (AvgIpc) is 2.07. The zero-order valence-electron chi connectivity index (χ0n) is 8.64. The Balaban J connectivity index is 3.03. The van der Waals surface area contributed by atoms with Crippen molar-refractivity contribution in [2.45, 2.75) is 26.8 Å². The Bertz CT molecular complexity index is 329. The molecule has 0 heterocycles. The lowest BCUT2D eigenvalue weighted by Crippen LogP contribution is -2.26. The fraction of sp³-hybridized carbons (Fsp3) is 0.455. The smallest absolute Gasteiger partial charge is 0.159 e. The van der Waals surface area contributed by atoms with Gasteiger partial charge in [0.05, 0.1) is 0 Å². The van der Waals surface area contributed by atoms with Crippen LogP contribution in [0, 0.1) is 17.0 Å². The first-order valence-electron chi connectivity index (χ1n) is 4.53. The molecule has 0 amide bonds. The standard InChI is InChI=1S/C11H15F2N/c1-11(2,3)10(14)7-4-5-8(12)9(13)6-7/h4-6,10H,14H2,1-3H3/t10-/m1/s1. The van der Waals surface area contributed by atoms with Gasteiger partial charge in [0.2, 0.25) is 0 Å². The lowest BCUT2D eigenvalue weighted by atomic mass is 9.83. The lowest BCUT2D eigenvalue weighted by molar-refractivity contribution is 0.325. The lowest BCUT2D eigenvalue weighted by Gasteiger charge is -2.27. The average molecular weight is 199 g/mol. The topological polar surface area (TPSA) is 26.0 Å². The van der Waals surface area contributed by atoms with E-state index in [9.17, 15) is 8.78 Å². The third-order valence-electron chi connectivity index (χ3n) is 2.24. The minimum Gasteiger partial charge on any atom is -0.324 e. The Morgan fingerprint density at radius 3 is 2.14 bits per heavy atom. The summed E-state index contributed by atoms with van der Waals surface area (Å²) in [4.78, 5) is 0. The molecule has 0 aromatic heterocycles. The Labute approximate surface area is 82.9 Å². The molecule has 78 valence electrons. The summed E-state index contributed by atoms with van der Waals surface area (Å²) < 4.78 is 25.5. The number of nitrogens with two attached hydrogens (primary N) is 1. The summed E-state index contributed by atoms with van der Waals surface area (Å²) in [5.41, 5.74) is 6.36. The molecule has 1 nitrogen and oxygen atoms in total. The molecule has 14 heavy (non-hydrogen) atoms. The first-order valence-corrected chi connectivity index (χ1v) is 4.53. The summed E-state index contributed by atoms with van der Waals surface area (Å²) in [6.07, 6.45) is 0. The molecule has 0 radical (unpaired) electrons. The van der Waals surface area contributed by atoms with Crippen molar-refractivity contribution >= 4 is 0 Å². The Morgan fingerprint density at radius 2 is 1.71 bits per heavy atom. The summed E-state index contributed by atoms with van der Waals surface area (Å²) in [5.74, 6) is -1.68. The highest BCUT2D eigenvalue weighted by atomic mass is 19.2. The van der Waals surface area contributed by atoms with Crippen molar-refractivity contribution < 1.29 is 8.78 Å². The van der Waals surface area contributed by atoms with E-state index < -0.39 is 11.6 Å². The fourth-order valence-electron chi connectivity index (χ4n) is 1.21. The molecule has 1 rings (SSSR count). The highest BCUT2D eigenvalue weighted by Crippen LogP contribution is 2.30. The van der Waals surface area contributed by atoms with Gasteiger partial charge >= 0.3 is 0 Å². The monoisotopic (exact) mass is 199 g/mol. The van der Waals surface area contributed by atoms with Crippen molar-refractivity contribution in [3.05, 3.63) is 35.4 Å². The van der Waals surface area contributed by atoms with Crippen LogP contribution in [0.2, 0.25) is 0 Å². The van der Waals surface area contributed by atoms with E-state index in [2.05, 4.69) is 0 Å². The number of hydrogen-bond donors (Lipinski definition) is 1.